The molecule has 1 N–H and O–H groups in total. The van der Waals surface area contributed by atoms with Gasteiger partial charge in [0.1, 0.15) is 0 Å². The van der Waals surface area contributed by atoms with Gasteiger partial charge in [-0.25, -0.2) is 0 Å². The van der Waals surface area contributed by atoms with Crippen LogP contribution >= 0.6 is 0 Å². The second kappa shape index (κ2) is 8.64. The molecule has 0 aliphatic carbocycles. The molecule has 5 heteroatoms. The van der Waals surface area contributed by atoms with E-state index in [2.05, 4.69) is 17.3 Å². The minimum atomic E-state index is -0.156. The largest absolute Gasteiger partial charge is 0.336 e. The summed E-state index contributed by atoms with van der Waals surface area (Å²) in [6, 6.07) is 16.8. The second-order valence-corrected chi connectivity index (χ2v) is 6.86. The third-order valence-electron chi connectivity index (χ3n) is 4.72. The van der Waals surface area contributed by atoms with Crippen molar-refractivity contribution in [1.29, 1.82) is 0 Å². The van der Waals surface area contributed by atoms with Crippen molar-refractivity contribution in [3.63, 3.8) is 0 Å². The fraction of sp³-hybridized carbons (Fsp3) is 0.273. The first kappa shape index (κ1) is 18.9. The number of piperazine rings is 1. The maximum Gasteiger partial charge on any atom is 0.253 e. The summed E-state index contributed by atoms with van der Waals surface area (Å²) < 4.78 is 0. The number of rotatable bonds is 4. The zero-order valence-electron chi connectivity index (χ0n) is 15.8. The molecule has 0 bridgehead atoms. The van der Waals surface area contributed by atoms with Crippen LogP contribution in [0.5, 0.6) is 0 Å². The first-order valence-corrected chi connectivity index (χ1v) is 9.15. The Bertz CT molecular complexity index is 820. The Labute approximate surface area is 160 Å². The summed E-state index contributed by atoms with van der Waals surface area (Å²) in [4.78, 5) is 29.0. The van der Waals surface area contributed by atoms with Crippen molar-refractivity contribution < 1.29 is 9.59 Å². The molecule has 0 saturated carbocycles. The molecule has 1 aliphatic heterocycles. The highest BCUT2D eigenvalue weighted by atomic mass is 16.2. The highest BCUT2D eigenvalue weighted by Gasteiger charge is 2.20. The number of carbonyl (C=O) groups excluding carboxylic acids is 2. The first-order chi connectivity index (χ1) is 13.0. The van der Waals surface area contributed by atoms with Gasteiger partial charge in [0.2, 0.25) is 0 Å². The number of hydrogen-bond donors (Lipinski definition) is 1. The van der Waals surface area contributed by atoms with Crippen LogP contribution in [0.1, 0.15) is 22.8 Å². The summed E-state index contributed by atoms with van der Waals surface area (Å²) in [6.45, 7) is 5.07. The van der Waals surface area contributed by atoms with Gasteiger partial charge < -0.3 is 15.1 Å². The first-order valence-electron chi connectivity index (χ1n) is 9.15. The average molecular weight is 363 g/mol. The van der Waals surface area contributed by atoms with Crippen molar-refractivity contribution in [3.8, 4) is 0 Å². The quantitative estimate of drug-likeness (QED) is 0.849. The molecule has 1 saturated heterocycles. The van der Waals surface area contributed by atoms with Crippen LogP contribution in [0.25, 0.3) is 6.08 Å². The molecule has 0 radical (unpaired) electrons. The average Bonchev–Trinajstić information content (AvgIpc) is 2.69. The SMILES string of the molecule is C/C(=C\c1ccccc1)C(=O)Nc1ccc(C(=O)N2CCN(C)CC2)cc1. The van der Waals surface area contributed by atoms with E-state index in [0.717, 1.165) is 31.7 Å². The number of benzene rings is 2. The molecular weight excluding hydrogens is 338 g/mol. The smallest absolute Gasteiger partial charge is 0.253 e. The summed E-state index contributed by atoms with van der Waals surface area (Å²) >= 11 is 0. The van der Waals surface area contributed by atoms with E-state index >= 15 is 0 Å². The van der Waals surface area contributed by atoms with Gasteiger partial charge in [0, 0.05) is 43.0 Å². The Kier molecular flexibility index (Phi) is 6.04. The molecule has 1 fully saturated rings. The number of carbonyl (C=O) groups is 2. The Morgan fingerprint density at radius 3 is 2.19 bits per heavy atom. The fourth-order valence-electron chi connectivity index (χ4n) is 2.98. The van der Waals surface area contributed by atoms with E-state index in [0.29, 0.717) is 16.8 Å². The van der Waals surface area contributed by atoms with E-state index in [9.17, 15) is 9.59 Å². The van der Waals surface area contributed by atoms with Gasteiger partial charge in [0.05, 0.1) is 0 Å². The number of likely N-dealkylation sites (N-methyl/N-ethyl adjacent to an activating group) is 1. The van der Waals surface area contributed by atoms with Crippen molar-refractivity contribution in [2.75, 3.05) is 38.5 Å². The topological polar surface area (TPSA) is 52.7 Å². The zero-order chi connectivity index (χ0) is 19.2. The lowest BCUT2D eigenvalue weighted by Crippen LogP contribution is -2.47. The molecule has 1 aliphatic rings. The summed E-state index contributed by atoms with van der Waals surface area (Å²) in [5.74, 6) is -0.113. The molecule has 140 valence electrons. The van der Waals surface area contributed by atoms with Crippen LogP contribution in [-0.4, -0.2) is 54.8 Å². The standard InChI is InChI=1S/C22H25N3O2/c1-17(16-18-6-4-3-5-7-18)21(26)23-20-10-8-19(9-11-20)22(27)25-14-12-24(2)13-15-25/h3-11,16H,12-15H2,1-2H3,(H,23,26)/b17-16+. The number of nitrogens with zero attached hydrogens (tertiary/aromatic N) is 2. The van der Waals surface area contributed by atoms with Crippen LogP contribution in [0.3, 0.4) is 0 Å². The molecule has 1 heterocycles. The molecular formula is C22H25N3O2. The number of anilines is 1. The lowest BCUT2D eigenvalue weighted by Gasteiger charge is -2.32. The van der Waals surface area contributed by atoms with E-state index in [1.807, 2.05) is 41.3 Å². The van der Waals surface area contributed by atoms with Crippen molar-refractivity contribution in [1.82, 2.24) is 9.80 Å². The van der Waals surface area contributed by atoms with Crippen LogP contribution in [0.2, 0.25) is 0 Å². The van der Waals surface area contributed by atoms with Gasteiger partial charge in [-0.2, -0.15) is 0 Å². The Hall–Kier alpha value is -2.92. The molecule has 0 atom stereocenters. The Morgan fingerprint density at radius 1 is 0.926 bits per heavy atom. The molecule has 0 aromatic heterocycles. The fourth-order valence-corrected chi connectivity index (χ4v) is 2.98. The van der Waals surface area contributed by atoms with E-state index in [1.54, 1.807) is 31.2 Å². The zero-order valence-corrected chi connectivity index (χ0v) is 15.8. The molecule has 0 spiro atoms. The highest BCUT2D eigenvalue weighted by molar-refractivity contribution is 6.06. The summed E-state index contributed by atoms with van der Waals surface area (Å²) in [5, 5.41) is 2.87. The lowest BCUT2D eigenvalue weighted by atomic mass is 10.1. The molecule has 5 nitrogen and oxygen atoms in total. The predicted octanol–water partition coefficient (Wildman–Crippen LogP) is 3.12. The van der Waals surface area contributed by atoms with Gasteiger partial charge in [-0.15, -0.1) is 0 Å². The Morgan fingerprint density at radius 2 is 1.56 bits per heavy atom. The van der Waals surface area contributed by atoms with Crippen molar-refractivity contribution in [2.24, 2.45) is 0 Å². The minimum absolute atomic E-state index is 0.0427. The maximum absolute atomic E-state index is 12.6. The van der Waals surface area contributed by atoms with Crippen molar-refractivity contribution in [2.45, 2.75) is 6.92 Å². The minimum Gasteiger partial charge on any atom is -0.336 e. The third-order valence-corrected chi connectivity index (χ3v) is 4.72. The predicted molar refractivity (Wildman–Crippen MR) is 109 cm³/mol. The van der Waals surface area contributed by atoms with Crippen molar-refractivity contribution >= 4 is 23.6 Å². The van der Waals surface area contributed by atoms with Crippen molar-refractivity contribution in [3.05, 3.63) is 71.3 Å². The molecule has 0 unspecified atom stereocenters. The van der Waals surface area contributed by atoms with Crippen LogP contribution in [0, 0.1) is 0 Å². The maximum atomic E-state index is 12.6. The normalized spacial score (nSPS) is 15.5. The summed E-state index contributed by atoms with van der Waals surface area (Å²) in [7, 11) is 2.06. The van der Waals surface area contributed by atoms with Gasteiger partial charge in [-0.05, 0) is 49.9 Å². The molecule has 27 heavy (non-hydrogen) atoms. The van der Waals surface area contributed by atoms with Crippen LogP contribution in [-0.2, 0) is 4.79 Å². The summed E-state index contributed by atoms with van der Waals surface area (Å²) in [6.07, 6.45) is 1.85. The molecule has 3 rings (SSSR count). The second-order valence-electron chi connectivity index (χ2n) is 6.86. The van der Waals surface area contributed by atoms with Gasteiger partial charge >= 0.3 is 0 Å². The van der Waals surface area contributed by atoms with Gasteiger partial charge in [0.15, 0.2) is 0 Å². The highest BCUT2D eigenvalue weighted by Crippen LogP contribution is 2.15. The van der Waals surface area contributed by atoms with E-state index in [-0.39, 0.29) is 11.8 Å². The monoisotopic (exact) mass is 363 g/mol. The summed E-state index contributed by atoms with van der Waals surface area (Å²) in [5.41, 5.74) is 2.93. The number of hydrogen-bond acceptors (Lipinski definition) is 3. The van der Waals surface area contributed by atoms with Crippen LogP contribution in [0.4, 0.5) is 5.69 Å². The lowest BCUT2D eigenvalue weighted by molar-refractivity contribution is -0.112. The van der Waals surface area contributed by atoms with Gasteiger partial charge in [0.25, 0.3) is 11.8 Å². The molecule has 2 aromatic carbocycles. The van der Waals surface area contributed by atoms with E-state index < -0.39 is 0 Å². The Balaban J connectivity index is 1.61. The van der Waals surface area contributed by atoms with Gasteiger partial charge in [-0.1, -0.05) is 30.3 Å². The molecule has 2 amide bonds. The third kappa shape index (κ3) is 5.05. The van der Waals surface area contributed by atoms with Crippen LogP contribution in [0.15, 0.2) is 60.2 Å². The number of nitrogens with one attached hydrogen (secondary N) is 1. The van der Waals surface area contributed by atoms with Crippen LogP contribution < -0.4 is 5.32 Å². The van der Waals surface area contributed by atoms with E-state index in [4.69, 9.17) is 0 Å². The van der Waals surface area contributed by atoms with Gasteiger partial charge in [-0.3, -0.25) is 9.59 Å². The van der Waals surface area contributed by atoms with E-state index in [1.165, 1.54) is 0 Å². The number of amides is 2. The molecule has 2 aromatic rings.